The molecule has 1 aromatic rings. The van der Waals surface area contributed by atoms with Crippen LogP contribution in [-0.4, -0.2) is 45.3 Å². The standard InChI is InChI=1S/C13H19BrN2O2/c1-16(10-6-15-7-10)8-9-4-13(18-3)11(14)5-12(9)17-2/h4-5,10,15H,6-8H2,1-3H3. The molecule has 0 saturated carbocycles. The van der Waals surface area contributed by atoms with Crippen molar-refractivity contribution in [2.24, 2.45) is 0 Å². The molecule has 0 amide bonds. The molecule has 100 valence electrons. The Bertz CT molecular complexity index is 422. The van der Waals surface area contributed by atoms with Crippen LogP contribution in [0.2, 0.25) is 0 Å². The van der Waals surface area contributed by atoms with E-state index in [-0.39, 0.29) is 0 Å². The molecule has 0 bridgehead atoms. The van der Waals surface area contributed by atoms with E-state index in [2.05, 4.69) is 33.2 Å². The zero-order chi connectivity index (χ0) is 13.1. The Balaban J connectivity index is 2.18. The van der Waals surface area contributed by atoms with Crippen LogP contribution in [0.3, 0.4) is 0 Å². The number of methoxy groups -OCH3 is 2. The third kappa shape index (κ3) is 2.79. The van der Waals surface area contributed by atoms with Crippen LogP contribution in [-0.2, 0) is 6.54 Å². The molecule has 0 unspecified atom stereocenters. The second-order valence-corrected chi connectivity index (χ2v) is 5.38. The van der Waals surface area contributed by atoms with Gasteiger partial charge in [-0.3, -0.25) is 4.90 Å². The van der Waals surface area contributed by atoms with E-state index in [0.717, 1.165) is 41.2 Å². The minimum absolute atomic E-state index is 0.615. The summed E-state index contributed by atoms with van der Waals surface area (Å²) in [4.78, 5) is 2.34. The van der Waals surface area contributed by atoms with Gasteiger partial charge in [0.15, 0.2) is 0 Å². The van der Waals surface area contributed by atoms with Crippen molar-refractivity contribution in [3.05, 3.63) is 22.2 Å². The van der Waals surface area contributed by atoms with Gasteiger partial charge in [0.1, 0.15) is 11.5 Å². The number of nitrogens with zero attached hydrogens (tertiary/aromatic N) is 1. The van der Waals surface area contributed by atoms with E-state index in [1.54, 1.807) is 14.2 Å². The summed E-state index contributed by atoms with van der Waals surface area (Å²) in [5.74, 6) is 1.73. The van der Waals surface area contributed by atoms with Crippen molar-refractivity contribution < 1.29 is 9.47 Å². The lowest BCUT2D eigenvalue weighted by molar-refractivity contribution is 0.171. The zero-order valence-corrected chi connectivity index (χ0v) is 12.6. The van der Waals surface area contributed by atoms with Crippen molar-refractivity contribution in [3.8, 4) is 11.5 Å². The lowest BCUT2D eigenvalue weighted by Crippen LogP contribution is -2.55. The van der Waals surface area contributed by atoms with Gasteiger partial charge < -0.3 is 14.8 Å². The molecule has 1 N–H and O–H groups in total. The van der Waals surface area contributed by atoms with Crippen LogP contribution in [0.4, 0.5) is 0 Å². The average Bonchev–Trinajstić information content (AvgIpc) is 2.28. The molecule has 1 heterocycles. The van der Waals surface area contributed by atoms with Crippen molar-refractivity contribution in [3.63, 3.8) is 0 Å². The fraction of sp³-hybridized carbons (Fsp3) is 0.538. The smallest absolute Gasteiger partial charge is 0.133 e. The molecule has 0 aliphatic carbocycles. The summed E-state index contributed by atoms with van der Waals surface area (Å²) in [7, 11) is 5.51. The number of rotatable bonds is 5. The van der Waals surface area contributed by atoms with Gasteiger partial charge in [0.05, 0.1) is 18.7 Å². The molecular formula is C13H19BrN2O2. The first-order valence-corrected chi connectivity index (χ1v) is 6.76. The van der Waals surface area contributed by atoms with Crippen LogP contribution >= 0.6 is 15.9 Å². The van der Waals surface area contributed by atoms with Gasteiger partial charge in [0.25, 0.3) is 0 Å². The Hall–Kier alpha value is -0.780. The molecule has 1 saturated heterocycles. The molecule has 0 atom stereocenters. The summed E-state index contributed by atoms with van der Waals surface area (Å²) in [5, 5.41) is 3.28. The van der Waals surface area contributed by atoms with Crippen LogP contribution < -0.4 is 14.8 Å². The summed E-state index contributed by atoms with van der Waals surface area (Å²) in [5.41, 5.74) is 1.15. The van der Waals surface area contributed by atoms with Crippen LogP contribution in [0.15, 0.2) is 16.6 Å². The zero-order valence-electron chi connectivity index (χ0n) is 11.0. The van der Waals surface area contributed by atoms with Gasteiger partial charge in [0, 0.05) is 31.2 Å². The summed E-state index contributed by atoms with van der Waals surface area (Å²) in [6, 6.07) is 4.61. The maximum absolute atomic E-state index is 5.43. The summed E-state index contributed by atoms with van der Waals surface area (Å²) >= 11 is 3.47. The molecule has 5 heteroatoms. The summed E-state index contributed by atoms with van der Waals surface area (Å²) in [6.07, 6.45) is 0. The van der Waals surface area contributed by atoms with E-state index in [1.807, 2.05) is 12.1 Å². The number of halogens is 1. The first-order valence-electron chi connectivity index (χ1n) is 5.97. The highest BCUT2D eigenvalue weighted by Gasteiger charge is 2.22. The second kappa shape index (κ2) is 5.91. The monoisotopic (exact) mass is 314 g/mol. The summed E-state index contributed by atoms with van der Waals surface area (Å²) in [6.45, 7) is 2.98. The van der Waals surface area contributed by atoms with Crippen molar-refractivity contribution in [1.82, 2.24) is 10.2 Å². The van der Waals surface area contributed by atoms with Crippen molar-refractivity contribution in [2.45, 2.75) is 12.6 Å². The van der Waals surface area contributed by atoms with Crippen molar-refractivity contribution >= 4 is 15.9 Å². The number of ether oxygens (including phenoxy) is 2. The van der Waals surface area contributed by atoms with Gasteiger partial charge in [-0.1, -0.05) is 0 Å². The van der Waals surface area contributed by atoms with E-state index in [0.29, 0.717) is 6.04 Å². The minimum Gasteiger partial charge on any atom is -0.496 e. The van der Waals surface area contributed by atoms with E-state index in [1.165, 1.54) is 0 Å². The van der Waals surface area contributed by atoms with Crippen molar-refractivity contribution in [2.75, 3.05) is 34.4 Å². The quantitative estimate of drug-likeness (QED) is 0.899. The lowest BCUT2D eigenvalue weighted by atomic mass is 10.1. The molecule has 1 fully saturated rings. The molecule has 1 aromatic carbocycles. The first-order chi connectivity index (χ1) is 8.65. The van der Waals surface area contributed by atoms with Gasteiger partial charge in [-0.25, -0.2) is 0 Å². The summed E-state index contributed by atoms with van der Waals surface area (Å²) < 4.78 is 11.7. The van der Waals surface area contributed by atoms with Gasteiger partial charge in [0.2, 0.25) is 0 Å². The van der Waals surface area contributed by atoms with E-state index in [9.17, 15) is 0 Å². The predicted octanol–water partition coefficient (Wildman–Crippen LogP) is 1.87. The highest BCUT2D eigenvalue weighted by molar-refractivity contribution is 9.10. The van der Waals surface area contributed by atoms with Crippen LogP contribution in [0.5, 0.6) is 11.5 Å². The van der Waals surface area contributed by atoms with Crippen LogP contribution in [0.1, 0.15) is 5.56 Å². The van der Waals surface area contributed by atoms with Gasteiger partial charge >= 0.3 is 0 Å². The number of hydrogen-bond donors (Lipinski definition) is 1. The van der Waals surface area contributed by atoms with E-state index >= 15 is 0 Å². The largest absolute Gasteiger partial charge is 0.496 e. The van der Waals surface area contributed by atoms with Crippen molar-refractivity contribution in [1.29, 1.82) is 0 Å². The highest BCUT2D eigenvalue weighted by atomic mass is 79.9. The molecule has 0 radical (unpaired) electrons. The van der Waals surface area contributed by atoms with Crippen LogP contribution in [0, 0.1) is 0 Å². The Kier molecular flexibility index (Phi) is 4.48. The topological polar surface area (TPSA) is 33.7 Å². The number of likely N-dealkylation sites (N-methyl/N-ethyl adjacent to an activating group) is 1. The molecule has 1 aliphatic rings. The van der Waals surface area contributed by atoms with Gasteiger partial charge in [-0.15, -0.1) is 0 Å². The maximum atomic E-state index is 5.43. The average molecular weight is 315 g/mol. The Morgan fingerprint density at radius 1 is 1.28 bits per heavy atom. The number of benzene rings is 1. The van der Waals surface area contributed by atoms with E-state index < -0.39 is 0 Å². The highest BCUT2D eigenvalue weighted by Crippen LogP contribution is 2.33. The van der Waals surface area contributed by atoms with E-state index in [4.69, 9.17) is 9.47 Å². The minimum atomic E-state index is 0.615. The van der Waals surface area contributed by atoms with Gasteiger partial charge in [-0.2, -0.15) is 0 Å². The van der Waals surface area contributed by atoms with Gasteiger partial charge in [-0.05, 0) is 35.1 Å². The molecular weight excluding hydrogens is 296 g/mol. The Labute approximate surface area is 116 Å². The molecule has 0 spiro atoms. The number of hydrogen-bond acceptors (Lipinski definition) is 4. The second-order valence-electron chi connectivity index (χ2n) is 4.53. The molecule has 2 rings (SSSR count). The molecule has 4 nitrogen and oxygen atoms in total. The predicted molar refractivity (Wildman–Crippen MR) is 75.4 cm³/mol. The maximum Gasteiger partial charge on any atom is 0.133 e. The lowest BCUT2D eigenvalue weighted by Gasteiger charge is -2.35. The number of nitrogens with one attached hydrogen (secondary N) is 1. The fourth-order valence-corrected chi connectivity index (χ4v) is 2.51. The normalized spacial score (nSPS) is 15.6. The third-order valence-electron chi connectivity index (χ3n) is 3.36. The SMILES string of the molecule is COc1cc(CN(C)C2CNC2)c(OC)cc1Br. The first kappa shape index (κ1) is 13.6. The third-order valence-corrected chi connectivity index (χ3v) is 3.98. The van der Waals surface area contributed by atoms with Crippen LogP contribution in [0.25, 0.3) is 0 Å². The Morgan fingerprint density at radius 2 is 1.94 bits per heavy atom. The fourth-order valence-electron chi connectivity index (χ4n) is 2.03. The Morgan fingerprint density at radius 3 is 2.44 bits per heavy atom. The molecule has 1 aliphatic heterocycles. The molecule has 18 heavy (non-hydrogen) atoms. The molecule has 0 aromatic heterocycles.